The van der Waals surface area contributed by atoms with Crippen LogP contribution in [0.25, 0.3) is 0 Å². The van der Waals surface area contributed by atoms with Crippen LogP contribution in [-0.2, 0) is 0 Å². The highest BCUT2D eigenvalue weighted by atomic mass is 16.3. The molecule has 0 bridgehead atoms. The van der Waals surface area contributed by atoms with Gasteiger partial charge in [0.25, 0.3) is 0 Å². The van der Waals surface area contributed by atoms with Gasteiger partial charge in [-0.3, -0.25) is 4.90 Å². The van der Waals surface area contributed by atoms with E-state index in [1.807, 2.05) is 0 Å². The summed E-state index contributed by atoms with van der Waals surface area (Å²) in [5, 5.41) is 10.5. The quantitative estimate of drug-likeness (QED) is 0.690. The average Bonchev–Trinajstić information content (AvgIpc) is 2.29. The normalized spacial score (nSPS) is 19.5. The number of likely N-dealkylation sites (N-methyl/N-ethyl adjacent to an activating group) is 1. The zero-order valence-electron chi connectivity index (χ0n) is 12.1. The Hall–Kier alpha value is -0.0800. The largest absolute Gasteiger partial charge is 0.391 e. The van der Waals surface area contributed by atoms with E-state index < -0.39 is 0 Å². The molecule has 0 aromatic rings. The Balaban J connectivity index is 4.65. The van der Waals surface area contributed by atoms with E-state index in [-0.39, 0.29) is 11.6 Å². The van der Waals surface area contributed by atoms with Crippen molar-refractivity contribution < 1.29 is 5.11 Å². The van der Waals surface area contributed by atoms with E-state index in [1.165, 1.54) is 0 Å². The molecule has 0 rings (SSSR count). The molecule has 0 amide bonds. The van der Waals surface area contributed by atoms with Gasteiger partial charge in [0.2, 0.25) is 0 Å². The van der Waals surface area contributed by atoms with Gasteiger partial charge in [-0.2, -0.15) is 0 Å². The number of rotatable bonds is 8. The summed E-state index contributed by atoms with van der Waals surface area (Å²) in [6, 6.07) is 0. The molecule has 0 aliphatic rings. The molecule has 3 atom stereocenters. The molecule has 0 radical (unpaired) electrons. The molecule has 0 spiro atoms. The highest BCUT2D eigenvalue weighted by Gasteiger charge is 2.36. The fraction of sp³-hybridized carbons (Fsp3) is 1.00. The van der Waals surface area contributed by atoms with E-state index in [4.69, 9.17) is 0 Å². The molecule has 0 aliphatic carbocycles. The lowest BCUT2D eigenvalue weighted by molar-refractivity contribution is -0.0306. The highest BCUT2D eigenvalue weighted by Crippen LogP contribution is 2.28. The maximum Gasteiger partial charge on any atom is 0.0723 e. The van der Waals surface area contributed by atoms with Crippen molar-refractivity contribution in [2.45, 2.75) is 72.4 Å². The second-order valence-electron chi connectivity index (χ2n) is 5.15. The summed E-state index contributed by atoms with van der Waals surface area (Å²) in [5.41, 5.74) is -0.0626. The van der Waals surface area contributed by atoms with Crippen LogP contribution in [0, 0.1) is 5.92 Å². The van der Waals surface area contributed by atoms with Crippen molar-refractivity contribution in [2.24, 2.45) is 5.92 Å². The van der Waals surface area contributed by atoms with Crippen LogP contribution in [0.1, 0.15) is 60.8 Å². The average molecular weight is 229 g/mol. The van der Waals surface area contributed by atoms with Gasteiger partial charge in [0.1, 0.15) is 0 Å². The van der Waals surface area contributed by atoms with Crippen LogP contribution in [-0.4, -0.2) is 34.7 Å². The first kappa shape index (κ1) is 15.9. The third-order valence-electron chi connectivity index (χ3n) is 4.24. The lowest BCUT2D eigenvalue weighted by Crippen LogP contribution is -2.54. The third kappa shape index (κ3) is 3.74. The van der Waals surface area contributed by atoms with E-state index in [0.29, 0.717) is 5.92 Å². The number of aliphatic hydroxyl groups excluding tert-OH is 1. The Kier molecular flexibility index (Phi) is 7.25. The topological polar surface area (TPSA) is 23.5 Å². The van der Waals surface area contributed by atoms with E-state index >= 15 is 0 Å². The molecular weight excluding hydrogens is 198 g/mol. The number of aliphatic hydroxyl groups is 1. The molecule has 0 saturated carbocycles. The van der Waals surface area contributed by atoms with Crippen LogP contribution in [0.4, 0.5) is 0 Å². The van der Waals surface area contributed by atoms with Gasteiger partial charge in [0, 0.05) is 5.54 Å². The first-order valence-electron chi connectivity index (χ1n) is 6.89. The summed E-state index contributed by atoms with van der Waals surface area (Å²) in [6.45, 7) is 15.2. The molecule has 0 fully saturated rings. The Labute approximate surface area is 102 Å². The summed E-state index contributed by atoms with van der Waals surface area (Å²) in [7, 11) is 0. The standard InChI is InChI=1S/C14H31NO/c1-7-12(5)11-13(16)14(6,8-2)15(9-3)10-4/h12-13,16H,7-11H2,1-6H3. The maximum atomic E-state index is 10.5. The van der Waals surface area contributed by atoms with E-state index in [0.717, 1.165) is 32.4 Å². The lowest BCUT2D eigenvalue weighted by Gasteiger charge is -2.44. The summed E-state index contributed by atoms with van der Waals surface area (Å²) in [6.07, 6.45) is 2.85. The Morgan fingerprint density at radius 1 is 1.12 bits per heavy atom. The maximum absolute atomic E-state index is 10.5. The smallest absolute Gasteiger partial charge is 0.0723 e. The minimum absolute atomic E-state index is 0.0626. The fourth-order valence-electron chi connectivity index (χ4n) is 2.42. The van der Waals surface area contributed by atoms with Crippen LogP contribution in [0.5, 0.6) is 0 Å². The number of hydrogen-bond donors (Lipinski definition) is 1. The van der Waals surface area contributed by atoms with Gasteiger partial charge in [-0.1, -0.05) is 41.0 Å². The van der Waals surface area contributed by atoms with Crippen molar-refractivity contribution in [3.05, 3.63) is 0 Å². The van der Waals surface area contributed by atoms with Crippen molar-refractivity contribution in [2.75, 3.05) is 13.1 Å². The molecule has 2 nitrogen and oxygen atoms in total. The minimum Gasteiger partial charge on any atom is -0.391 e. The highest BCUT2D eigenvalue weighted by molar-refractivity contribution is 4.91. The number of hydrogen-bond acceptors (Lipinski definition) is 2. The molecule has 1 N–H and O–H groups in total. The second kappa shape index (κ2) is 7.29. The molecule has 0 aromatic carbocycles. The molecule has 16 heavy (non-hydrogen) atoms. The van der Waals surface area contributed by atoms with Gasteiger partial charge in [0.15, 0.2) is 0 Å². The molecule has 2 heteroatoms. The molecule has 0 saturated heterocycles. The van der Waals surface area contributed by atoms with E-state index in [2.05, 4.69) is 46.4 Å². The fourth-order valence-corrected chi connectivity index (χ4v) is 2.42. The van der Waals surface area contributed by atoms with Gasteiger partial charge in [-0.15, -0.1) is 0 Å². The monoisotopic (exact) mass is 229 g/mol. The molecule has 3 unspecified atom stereocenters. The predicted octanol–water partition coefficient (Wildman–Crippen LogP) is 3.29. The van der Waals surface area contributed by atoms with Crippen molar-refractivity contribution in [3.8, 4) is 0 Å². The summed E-state index contributed by atoms with van der Waals surface area (Å²) in [5.74, 6) is 0.608. The van der Waals surface area contributed by atoms with Gasteiger partial charge in [-0.05, 0) is 38.8 Å². The minimum atomic E-state index is -0.215. The van der Waals surface area contributed by atoms with Crippen molar-refractivity contribution in [1.29, 1.82) is 0 Å². The van der Waals surface area contributed by atoms with Gasteiger partial charge < -0.3 is 5.11 Å². The van der Waals surface area contributed by atoms with Crippen LogP contribution >= 0.6 is 0 Å². The van der Waals surface area contributed by atoms with Crippen LogP contribution in [0.15, 0.2) is 0 Å². The second-order valence-corrected chi connectivity index (χ2v) is 5.15. The Morgan fingerprint density at radius 3 is 1.94 bits per heavy atom. The predicted molar refractivity (Wildman–Crippen MR) is 71.7 cm³/mol. The van der Waals surface area contributed by atoms with Crippen LogP contribution in [0.3, 0.4) is 0 Å². The van der Waals surface area contributed by atoms with E-state index in [1.54, 1.807) is 0 Å². The molecule has 0 aliphatic heterocycles. The summed E-state index contributed by atoms with van der Waals surface area (Å²) >= 11 is 0. The summed E-state index contributed by atoms with van der Waals surface area (Å²) < 4.78 is 0. The third-order valence-corrected chi connectivity index (χ3v) is 4.24. The van der Waals surface area contributed by atoms with Gasteiger partial charge >= 0.3 is 0 Å². The van der Waals surface area contributed by atoms with Crippen molar-refractivity contribution in [1.82, 2.24) is 4.90 Å². The lowest BCUT2D eigenvalue weighted by atomic mass is 9.83. The molecule has 0 heterocycles. The first-order chi connectivity index (χ1) is 7.46. The SMILES string of the molecule is CCC(C)CC(O)C(C)(CC)N(CC)CC. The van der Waals surface area contributed by atoms with Crippen molar-refractivity contribution in [3.63, 3.8) is 0 Å². The first-order valence-corrected chi connectivity index (χ1v) is 6.89. The zero-order valence-corrected chi connectivity index (χ0v) is 12.1. The molecule has 0 aromatic heterocycles. The molecule has 98 valence electrons. The van der Waals surface area contributed by atoms with Gasteiger partial charge in [-0.25, -0.2) is 0 Å². The van der Waals surface area contributed by atoms with Gasteiger partial charge in [0.05, 0.1) is 6.10 Å². The summed E-state index contributed by atoms with van der Waals surface area (Å²) in [4.78, 5) is 2.39. The van der Waals surface area contributed by atoms with E-state index in [9.17, 15) is 5.11 Å². The van der Waals surface area contributed by atoms with Crippen LogP contribution in [0.2, 0.25) is 0 Å². The Morgan fingerprint density at radius 2 is 1.62 bits per heavy atom. The Bertz CT molecular complexity index is 180. The van der Waals surface area contributed by atoms with Crippen molar-refractivity contribution >= 4 is 0 Å². The zero-order chi connectivity index (χ0) is 12.8. The van der Waals surface area contributed by atoms with Crippen LogP contribution < -0.4 is 0 Å². The number of nitrogens with zero attached hydrogens (tertiary/aromatic N) is 1. The molecular formula is C14H31NO.